The summed E-state index contributed by atoms with van der Waals surface area (Å²) < 4.78 is 11.1. The zero-order chi connectivity index (χ0) is 18.3. The molecule has 0 spiro atoms. The number of hydrogen-bond acceptors (Lipinski definition) is 4. The molecule has 26 heavy (non-hydrogen) atoms. The second-order valence-corrected chi connectivity index (χ2v) is 6.91. The van der Waals surface area contributed by atoms with Gasteiger partial charge in [-0.15, -0.1) is 0 Å². The molecule has 136 valence electrons. The van der Waals surface area contributed by atoms with Crippen molar-refractivity contribution in [1.29, 1.82) is 0 Å². The van der Waals surface area contributed by atoms with Gasteiger partial charge in [0.15, 0.2) is 11.5 Å². The van der Waals surface area contributed by atoms with Crippen molar-refractivity contribution in [1.82, 2.24) is 4.90 Å². The van der Waals surface area contributed by atoms with Crippen LogP contribution in [0.15, 0.2) is 36.4 Å². The van der Waals surface area contributed by atoms with E-state index in [1.807, 2.05) is 48.2 Å². The molecule has 2 aromatic carbocycles. The molecule has 1 saturated carbocycles. The molecule has 0 bridgehead atoms. The summed E-state index contributed by atoms with van der Waals surface area (Å²) in [5, 5.41) is 3.97. The highest BCUT2D eigenvalue weighted by Crippen LogP contribution is 2.44. The fraction of sp³-hybridized carbons (Fsp3) is 0.350. The predicted molar refractivity (Wildman–Crippen MR) is 101 cm³/mol. The van der Waals surface area contributed by atoms with Gasteiger partial charge in [0.2, 0.25) is 0 Å². The number of hydrogen-bond donors (Lipinski definition) is 1. The average molecular weight is 373 g/mol. The maximum Gasteiger partial charge on any atom is 0.258 e. The zero-order valence-electron chi connectivity index (χ0n) is 14.8. The topological polar surface area (TPSA) is 50.8 Å². The Kier molecular flexibility index (Phi) is 4.41. The molecule has 5 nitrogen and oxygen atoms in total. The van der Waals surface area contributed by atoms with E-state index in [-0.39, 0.29) is 18.1 Å². The maximum atomic E-state index is 13.1. The number of methoxy groups -OCH3 is 1. The van der Waals surface area contributed by atoms with Crippen LogP contribution in [0.1, 0.15) is 41.9 Å². The molecule has 0 aromatic heterocycles. The van der Waals surface area contributed by atoms with Crippen LogP contribution in [0.3, 0.4) is 0 Å². The lowest BCUT2D eigenvalue weighted by Gasteiger charge is -2.38. The van der Waals surface area contributed by atoms with Crippen LogP contribution in [0.2, 0.25) is 5.02 Å². The molecule has 6 heteroatoms. The third kappa shape index (κ3) is 2.86. The number of carbonyl (C=O) groups excluding carboxylic acids is 1. The summed E-state index contributed by atoms with van der Waals surface area (Å²) in [6, 6.07) is 11.6. The van der Waals surface area contributed by atoms with E-state index >= 15 is 0 Å². The van der Waals surface area contributed by atoms with E-state index < -0.39 is 0 Å². The Balaban J connectivity index is 1.78. The summed E-state index contributed by atoms with van der Waals surface area (Å²) in [6.45, 7) is 2.40. The van der Waals surface area contributed by atoms with Crippen LogP contribution in [0, 0.1) is 0 Å². The highest BCUT2D eigenvalue weighted by atomic mass is 35.5. The predicted octanol–water partition coefficient (Wildman–Crippen LogP) is 4.48. The molecular formula is C20H21ClN2O3. The Bertz CT molecular complexity index is 851. The SMILES string of the molecule is CCOc1c(Cl)cc(C2Nc3ccccc3C(=O)N2C2CC2)cc1OC. The normalized spacial score (nSPS) is 19.0. The van der Waals surface area contributed by atoms with Crippen LogP contribution in [0.5, 0.6) is 11.5 Å². The lowest BCUT2D eigenvalue weighted by atomic mass is 10.0. The maximum absolute atomic E-state index is 13.1. The minimum atomic E-state index is -0.285. The molecule has 2 aromatic rings. The van der Waals surface area contributed by atoms with E-state index in [0.717, 1.165) is 24.1 Å². The molecule has 4 rings (SSSR count). The summed E-state index contributed by atoms with van der Waals surface area (Å²) in [6.07, 6.45) is 1.76. The molecule has 2 aliphatic rings. The van der Waals surface area contributed by atoms with Crippen molar-refractivity contribution < 1.29 is 14.3 Å². The van der Waals surface area contributed by atoms with Gasteiger partial charge >= 0.3 is 0 Å². The van der Waals surface area contributed by atoms with Gasteiger partial charge in [-0.3, -0.25) is 4.79 Å². The first-order chi connectivity index (χ1) is 12.6. The average Bonchev–Trinajstić information content (AvgIpc) is 3.48. The summed E-state index contributed by atoms with van der Waals surface area (Å²) in [5.41, 5.74) is 2.42. The molecule has 1 fully saturated rings. The molecule has 1 atom stereocenters. The third-order valence-corrected chi connectivity index (χ3v) is 5.04. The van der Waals surface area contributed by atoms with E-state index in [1.54, 1.807) is 7.11 Å². The van der Waals surface area contributed by atoms with Gasteiger partial charge in [0, 0.05) is 17.3 Å². The third-order valence-electron chi connectivity index (χ3n) is 4.76. The molecule has 1 amide bonds. The number of ether oxygens (including phenoxy) is 2. The summed E-state index contributed by atoms with van der Waals surface area (Å²) in [4.78, 5) is 15.0. The number of rotatable bonds is 5. The van der Waals surface area contributed by atoms with Gasteiger partial charge in [0.05, 0.1) is 24.3 Å². The Morgan fingerprint density at radius 3 is 2.73 bits per heavy atom. The highest BCUT2D eigenvalue weighted by molar-refractivity contribution is 6.32. The fourth-order valence-corrected chi connectivity index (χ4v) is 3.70. The first-order valence-electron chi connectivity index (χ1n) is 8.82. The van der Waals surface area contributed by atoms with Crippen LogP contribution in [0.25, 0.3) is 0 Å². The number of amides is 1. The quantitative estimate of drug-likeness (QED) is 0.840. The summed E-state index contributed by atoms with van der Waals surface area (Å²) in [5.74, 6) is 1.15. The van der Waals surface area contributed by atoms with Gasteiger partial charge in [-0.05, 0) is 44.0 Å². The second kappa shape index (κ2) is 6.72. The van der Waals surface area contributed by atoms with Crippen molar-refractivity contribution in [2.45, 2.75) is 32.0 Å². The first-order valence-corrected chi connectivity index (χ1v) is 9.20. The number of nitrogens with one attached hydrogen (secondary N) is 1. The molecule has 0 radical (unpaired) electrons. The molecule has 1 unspecified atom stereocenters. The minimum Gasteiger partial charge on any atom is -0.493 e. The largest absolute Gasteiger partial charge is 0.493 e. The first kappa shape index (κ1) is 17.0. The Hall–Kier alpha value is -2.40. The standard InChI is InChI=1S/C20H21ClN2O3/c1-3-26-18-15(21)10-12(11-17(18)25-2)19-22-16-7-5-4-6-14(16)20(24)23(19)13-8-9-13/h4-7,10-11,13,19,22H,3,8-9H2,1-2H3. The van der Waals surface area contributed by atoms with Crippen LogP contribution in [-0.4, -0.2) is 30.6 Å². The smallest absolute Gasteiger partial charge is 0.258 e. The van der Waals surface area contributed by atoms with Crippen molar-refractivity contribution in [2.75, 3.05) is 19.0 Å². The molecular weight excluding hydrogens is 352 g/mol. The molecule has 1 aliphatic carbocycles. The van der Waals surface area contributed by atoms with Crippen molar-refractivity contribution in [3.05, 3.63) is 52.5 Å². The van der Waals surface area contributed by atoms with E-state index in [9.17, 15) is 4.79 Å². The van der Waals surface area contributed by atoms with Crippen LogP contribution in [-0.2, 0) is 0 Å². The number of benzene rings is 2. The number of nitrogens with zero attached hydrogens (tertiary/aromatic N) is 1. The Morgan fingerprint density at radius 2 is 2.04 bits per heavy atom. The Labute approximate surface area is 157 Å². The number of para-hydroxylation sites is 1. The molecule has 0 saturated heterocycles. The highest BCUT2D eigenvalue weighted by Gasteiger charge is 2.42. The second-order valence-electron chi connectivity index (χ2n) is 6.50. The number of fused-ring (bicyclic) bond motifs is 1. The van der Waals surface area contributed by atoms with Gasteiger partial charge in [-0.25, -0.2) is 0 Å². The van der Waals surface area contributed by atoms with E-state index in [4.69, 9.17) is 21.1 Å². The molecule has 1 aliphatic heterocycles. The number of halogens is 1. The van der Waals surface area contributed by atoms with Gasteiger partial charge in [-0.1, -0.05) is 23.7 Å². The van der Waals surface area contributed by atoms with E-state index in [1.165, 1.54) is 0 Å². The monoisotopic (exact) mass is 372 g/mol. The zero-order valence-corrected chi connectivity index (χ0v) is 15.5. The fourth-order valence-electron chi connectivity index (χ4n) is 3.42. The number of carbonyl (C=O) groups is 1. The van der Waals surface area contributed by atoms with Crippen LogP contribution >= 0.6 is 11.6 Å². The van der Waals surface area contributed by atoms with Gasteiger partial charge < -0.3 is 19.7 Å². The van der Waals surface area contributed by atoms with Crippen molar-refractivity contribution in [2.24, 2.45) is 0 Å². The summed E-state index contributed by atoms with van der Waals surface area (Å²) >= 11 is 6.45. The summed E-state index contributed by atoms with van der Waals surface area (Å²) in [7, 11) is 1.59. The number of anilines is 1. The van der Waals surface area contributed by atoms with Gasteiger partial charge in [-0.2, -0.15) is 0 Å². The van der Waals surface area contributed by atoms with E-state index in [2.05, 4.69) is 5.32 Å². The van der Waals surface area contributed by atoms with Crippen molar-refractivity contribution in [3.63, 3.8) is 0 Å². The van der Waals surface area contributed by atoms with Crippen molar-refractivity contribution >= 4 is 23.2 Å². The van der Waals surface area contributed by atoms with Crippen molar-refractivity contribution in [3.8, 4) is 11.5 Å². The van der Waals surface area contributed by atoms with Crippen LogP contribution < -0.4 is 14.8 Å². The minimum absolute atomic E-state index is 0.0517. The van der Waals surface area contributed by atoms with Gasteiger partial charge in [0.1, 0.15) is 6.17 Å². The molecule has 1 N–H and O–H groups in total. The van der Waals surface area contributed by atoms with Gasteiger partial charge in [0.25, 0.3) is 5.91 Å². The lowest BCUT2D eigenvalue weighted by molar-refractivity contribution is 0.0666. The van der Waals surface area contributed by atoms with Crippen LogP contribution in [0.4, 0.5) is 5.69 Å². The lowest BCUT2D eigenvalue weighted by Crippen LogP contribution is -2.44. The molecule has 1 heterocycles. The Morgan fingerprint density at radius 1 is 1.27 bits per heavy atom. The van der Waals surface area contributed by atoms with E-state index in [0.29, 0.717) is 28.7 Å².